The Morgan fingerprint density at radius 2 is 1.69 bits per heavy atom. The molecule has 1 atom stereocenters. The Morgan fingerprint density at radius 1 is 1.03 bits per heavy atom. The fourth-order valence-electron chi connectivity index (χ4n) is 4.04. The molecule has 0 bridgehead atoms. The predicted octanol–water partition coefficient (Wildman–Crippen LogP) is 3.31. The van der Waals surface area contributed by atoms with E-state index in [1.54, 1.807) is 12.1 Å². The second kappa shape index (κ2) is 11.0. The number of halogens is 1. The van der Waals surface area contributed by atoms with Gasteiger partial charge in [0.15, 0.2) is 0 Å². The van der Waals surface area contributed by atoms with Gasteiger partial charge < -0.3 is 15.2 Å². The molecule has 2 N–H and O–H groups in total. The van der Waals surface area contributed by atoms with Crippen molar-refractivity contribution < 1.29 is 23.1 Å². The number of hydrogen-bond acceptors (Lipinski definition) is 6. The van der Waals surface area contributed by atoms with E-state index in [0.29, 0.717) is 44.2 Å². The third-order valence-electron chi connectivity index (χ3n) is 5.83. The van der Waals surface area contributed by atoms with Crippen LogP contribution in [0.25, 0.3) is 10.8 Å². The predicted molar refractivity (Wildman–Crippen MR) is 139 cm³/mol. The Morgan fingerprint density at radius 3 is 2.37 bits per heavy atom. The van der Waals surface area contributed by atoms with Crippen LogP contribution in [0.2, 0.25) is 0 Å². The summed E-state index contributed by atoms with van der Waals surface area (Å²) in [5, 5.41) is 15.3. The van der Waals surface area contributed by atoms with Crippen LogP contribution in [0.3, 0.4) is 0 Å². The molecular weight excluding hydrogens is 534 g/mol. The second-order valence-corrected chi connectivity index (χ2v) is 11.4. The number of β-amino-alcohol motifs (C(OH)–C–C–N with tert-alkyl or cyclic N) is 1. The number of amides is 1. The Kier molecular flexibility index (Phi) is 8.08. The average molecular weight is 562 g/mol. The van der Waals surface area contributed by atoms with Gasteiger partial charge in [-0.05, 0) is 59.3 Å². The second-order valence-electron chi connectivity index (χ2n) is 8.53. The first kappa shape index (κ1) is 25.6. The van der Waals surface area contributed by atoms with Crippen molar-refractivity contribution in [2.24, 2.45) is 0 Å². The molecule has 3 aromatic rings. The summed E-state index contributed by atoms with van der Waals surface area (Å²) in [4.78, 5) is 13.4. The zero-order valence-electron chi connectivity index (χ0n) is 19.4. The SMILES string of the molecule is CC(=O)Nc1ccc(S(=O)(=O)N2CCN(C[C@H](O)COc3ccc4cc(Br)ccc4c3)CC2)cc1. The standard InChI is InChI=1S/C25H28BrN3O5S/c1-18(30)27-22-5-8-25(9-6-22)35(32,33)29-12-10-28(11-13-29)16-23(31)17-34-24-7-3-19-14-21(26)4-2-20(19)15-24/h2-9,14-15,23,31H,10-13,16-17H2,1H3,(H,27,30)/t23-/m0/s1. The third-order valence-corrected chi connectivity index (χ3v) is 8.23. The molecule has 0 unspecified atom stereocenters. The van der Waals surface area contributed by atoms with Gasteiger partial charge in [0.1, 0.15) is 18.5 Å². The van der Waals surface area contributed by atoms with Crippen LogP contribution in [0.4, 0.5) is 5.69 Å². The molecule has 0 spiro atoms. The number of nitrogens with one attached hydrogen (secondary N) is 1. The van der Waals surface area contributed by atoms with E-state index in [4.69, 9.17) is 4.74 Å². The quantitative estimate of drug-likeness (QED) is 0.437. The van der Waals surface area contributed by atoms with Crippen LogP contribution in [0.5, 0.6) is 5.75 Å². The Hall–Kier alpha value is -2.50. The van der Waals surface area contributed by atoms with Gasteiger partial charge in [0.25, 0.3) is 0 Å². The number of aliphatic hydroxyl groups excluding tert-OH is 1. The van der Waals surface area contributed by atoms with E-state index in [-0.39, 0.29) is 17.4 Å². The summed E-state index contributed by atoms with van der Waals surface area (Å²) >= 11 is 3.47. The van der Waals surface area contributed by atoms with E-state index in [9.17, 15) is 18.3 Å². The first-order chi connectivity index (χ1) is 16.7. The fraction of sp³-hybridized carbons (Fsp3) is 0.320. The topological polar surface area (TPSA) is 99.2 Å². The molecular formula is C25H28BrN3O5S. The number of sulfonamides is 1. The number of carbonyl (C=O) groups is 1. The van der Waals surface area contributed by atoms with Crippen LogP contribution in [-0.4, -0.2) is 74.1 Å². The molecule has 1 amide bonds. The molecule has 35 heavy (non-hydrogen) atoms. The Labute approximate surface area is 213 Å². The van der Waals surface area contributed by atoms with Crippen molar-refractivity contribution in [3.05, 3.63) is 65.1 Å². The van der Waals surface area contributed by atoms with Gasteiger partial charge in [0.2, 0.25) is 15.9 Å². The average Bonchev–Trinajstić information content (AvgIpc) is 2.83. The number of rotatable bonds is 8. The van der Waals surface area contributed by atoms with Crippen molar-refractivity contribution in [1.29, 1.82) is 0 Å². The number of carbonyl (C=O) groups excluding carboxylic acids is 1. The number of nitrogens with zero attached hydrogens (tertiary/aromatic N) is 2. The molecule has 0 radical (unpaired) electrons. The molecule has 4 rings (SSSR count). The molecule has 0 aliphatic carbocycles. The lowest BCUT2D eigenvalue weighted by molar-refractivity contribution is -0.114. The van der Waals surface area contributed by atoms with Crippen LogP contribution in [0.15, 0.2) is 70.0 Å². The minimum absolute atomic E-state index is 0.154. The van der Waals surface area contributed by atoms with Crippen LogP contribution in [0, 0.1) is 0 Å². The minimum atomic E-state index is -3.62. The molecule has 1 fully saturated rings. The van der Waals surface area contributed by atoms with Crippen LogP contribution < -0.4 is 10.1 Å². The normalized spacial score (nSPS) is 16.2. The summed E-state index contributed by atoms with van der Waals surface area (Å²) in [5.41, 5.74) is 0.550. The monoisotopic (exact) mass is 561 g/mol. The first-order valence-electron chi connectivity index (χ1n) is 11.3. The van der Waals surface area contributed by atoms with Crippen LogP contribution >= 0.6 is 15.9 Å². The highest BCUT2D eigenvalue weighted by Gasteiger charge is 2.29. The highest BCUT2D eigenvalue weighted by atomic mass is 79.9. The summed E-state index contributed by atoms with van der Waals surface area (Å²) < 4.78 is 34.2. The maximum atomic E-state index is 13.0. The van der Waals surface area contributed by atoms with Gasteiger partial charge in [-0.2, -0.15) is 4.31 Å². The van der Waals surface area contributed by atoms with E-state index in [1.165, 1.54) is 23.4 Å². The van der Waals surface area contributed by atoms with E-state index in [1.807, 2.05) is 41.3 Å². The van der Waals surface area contributed by atoms with Gasteiger partial charge in [0, 0.05) is 49.8 Å². The summed E-state index contributed by atoms with van der Waals surface area (Å²) in [6.45, 7) is 3.67. The molecule has 10 heteroatoms. The molecule has 8 nitrogen and oxygen atoms in total. The highest BCUT2D eigenvalue weighted by Crippen LogP contribution is 2.24. The van der Waals surface area contributed by atoms with E-state index in [2.05, 4.69) is 21.2 Å². The zero-order valence-corrected chi connectivity index (χ0v) is 21.8. The summed E-state index contributed by atoms with van der Waals surface area (Å²) in [7, 11) is -3.62. The van der Waals surface area contributed by atoms with Crippen molar-refractivity contribution in [2.45, 2.75) is 17.9 Å². The zero-order chi connectivity index (χ0) is 25.0. The lowest BCUT2D eigenvalue weighted by atomic mass is 10.1. The number of piperazine rings is 1. The lowest BCUT2D eigenvalue weighted by Crippen LogP contribution is -2.50. The molecule has 3 aromatic carbocycles. The smallest absolute Gasteiger partial charge is 0.243 e. The van der Waals surface area contributed by atoms with Gasteiger partial charge in [0.05, 0.1) is 4.90 Å². The maximum Gasteiger partial charge on any atom is 0.243 e. The van der Waals surface area contributed by atoms with Crippen molar-refractivity contribution in [3.63, 3.8) is 0 Å². The lowest BCUT2D eigenvalue weighted by Gasteiger charge is -2.34. The molecule has 1 heterocycles. The number of aliphatic hydroxyl groups is 1. The number of benzene rings is 3. The summed E-state index contributed by atoms with van der Waals surface area (Å²) in [5.74, 6) is 0.481. The Bertz CT molecular complexity index is 1290. The number of ether oxygens (including phenoxy) is 1. The summed E-state index contributed by atoms with van der Waals surface area (Å²) in [6.07, 6.45) is -0.694. The van der Waals surface area contributed by atoms with Crippen molar-refractivity contribution in [1.82, 2.24) is 9.21 Å². The van der Waals surface area contributed by atoms with E-state index < -0.39 is 16.1 Å². The van der Waals surface area contributed by atoms with Gasteiger partial charge >= 0.3 is 0 Å². The number of fused-ring (bicyclic) bond motifs is 1. The van der Waals surface area contributed by atoms with Crippen molar-refractivity contribution in [2.75, 3.05) is 44.6 Å². The number of hydrogen-bond donors (Lipinski definition) is 2. The molecule has 1 saturated heterocycles. The minimum Gasteiger partial charge on any atom is -0.491 e. The first-order valence-corrected chi connectivity index (χ1v) is 13.5. The van der Waals surface area contributed by atoms with Gasteiger partial charge in [-0.15, -0.1) is 0 Å². The molecule has 1 aliphatic heterocycles. The van der Waals surface area contributed by atoms with Gasteiger partial charge in [-0.1, -0.05) is 28.1 Å². The van der Waals surface area contributed by atoms with Crippen LogP contribution in [-0.2, 0) is 14.8 Å². The van der Waals surface area contributed by atoms with Crippen LogP contribution in [0.1, 0.15) is 6.92 Å². The fourth-order valence-corrected chi connectivity index (χ4v) is 5.84. The molecule has 1 aliphatic rings. The number of anilines is 1. The van der Waals surface area contributed by atoms with Crippen molar-refractivity contribution in [3.8, 4) is 5.75 Å². The van der Waals surface area contributed by atoms with Gasteiger partial charge in [-0.25, -0.2) is 8.42 Å². The molecule has 0 saturated carbocycles. The maximum absolute atomic E-state index is 13.0. The van der Waals surface area contributed by atoms with Crippen molar-refractivity contribution >= 4 is 48.3 Å². The summed E-state index contributed by atoms with van der Waals surface area (Å²) in [6, 6.07) is 18.0. The molecule has 0 aromatic heterocycles. The van der Waals surface area contributed by atoms with Gasteiger partial charge in [-0.3, -0.25) is 9.69 Å². The Balaban J connectivity index is 1.26. The highest BCUT2D eigenvalue weighted by molar-refractivity contribution is 9.10. The molecule has 186 valence electrons. The largest absolute Gasteiger partial charge is 0.491 e. The van der Waals surface area contributed by atoms with E-state index >= 15 is 0 Å². The van der Waals surface area contributed by atoms with E-state index in [0.717, 1.165) is 15.2 Å². The third kappa shape index (κ3) is 6.59.